The number of aromatic carboxylic acids is 1. The predicted octanol–water partition coefficient (Wildman–Crippen LogP) is 2.77. The lowest BCUT2D eigenvalue weighted by molar-refractivity contribution is 0.0692. The van der Waals surface area contributed by atoms with E-state index in [4.69, 9.17) is 5.11 Å². The van der Waals surface area contributed by atoms with Gasteiger partial charge >= 0.3 is 5.97 Å². The van der Waals surface area contributed by atoms with Crippen LogP contribution in [-0.2, 0) is 0 Å². The molecule has 0 saturated carbocycles. The third-order valence-corrected chi connectivity index (χ3v) is 2.88. The van der Waals surface area contributed by atoms with Gasteiger partial charge in [-0.3, -0.25) is 9.78 Å². The van der Waals surface area contributed by atoms with Crippen molar-refractivity contribution in [3.63, 3.8) is 0 Å². The van der Waals surface area contributed by atoms with Crippen molar-refractivity contribution in [1.82, 2.24) is 4.98 Å². The summed E-state index contributed by atoms with van der Waals surface area (Å²) in [5.74, 6) is -1.50. The topological polar surface area (TPSA) is 67.3 Å². The van der Waals surface area contributed by atoms with E-state index in [1.54, 1.807) is 24.3 Å². The van der Waals surface area contributed by atoms with E-state index in [0.717, 1.165) is 4.47 Å². The molecule has 1 aromatic heterocycles. The number of carboxylic acids is 1. The van der Waals surface area contributed by atoms with Crippen molar-refractivity contribution in [3.8, 4) is 0 Å². The van der Waals surface area contributed by atoms with Crippen LogP contribution in [0.4, 0.5) is 0 Å². The van der Waals surface area contributed by atoms with Crippen molar-refractivity contribution in [2.45, 2.75) is 0 Å². The van der Waals surface area contributed by atoms with E-state index < -0.39 is 5.97 Å². The molecule has 4 nitrogen and oxygen atoms in total. The van der Waals surface area contributed by atoms with Gasteiger partial charge in [0.2, 0.25) is 0 Å². The average Bonchev–Trinajstić information content (AvgIpc) is 2.38. The second kappa shape index (κ2) is 5.10. The highest BCUT2D eigenvalue weighted by molar-refractivity contribution is 9.10. The highest BCUT2D eigenvalue weighted by Gasteiger charge is 2.17. The number of hydrogen-bond donors (Lipinski definition) is 1. The fourth-order valence-electron chi connectivity index (χ4n) is 1.55. The second-order valence-electron chi connectivity index (χ2n) is 3.57. The Morgan fingerprint density at radius 1 is 1.17 bits per heavy atom. The third kappa shape index (κ3) is 2.46. The van der Waals surface area contributed by atoms with Gasteiger partial charge in [-0.05, 0) is 18.2 Å². The number of ketones is 1. The first-order chi connectivity index (χ1) is 8.59. The van der Waals surface area contributed by atoms with Crippen LogP contribution in [0.15, 0.2) is 47.2 Å². The number of hydrogen-bond acceptors (Lipinski definition) is 3. The Hall–Kier alpha value is -2.01. The Morgan fingerprint density at radius 2 is 1.94 bits per heavy atom. The molecule has 2 rings (SSSR count). The van der Waals surface area contributed by atoms with Gasteiger partial charge in [-0.2, -0.15) is 0 Å². The predicted molar refractivity (Wildman–Crippen MR) is 68.8 cm³/mol. The van der Waals surface area contributed by atoms with Crippen LogP contribution in [0.5, 0.6) is 0 Å². The van der Waals surface area contributed by atoms with Crippen LogP contribution < -0.4 is 0 Å². The molecular weight excluding hydrogens is 298 g/mol. The Morgan fingerprint density at radius 3 is 2.61 bits per heavy atom. The molecule has 2 aromatic rings. The molecule has 0 radical (unpaired) electrons. The monoisotopic (exact) mass is 305 g/mol. The van der Waals surface area contributed by atoms with Gasteiger partial charge in [-0.25, -0.2) is 4.79 Å². The normalized spacial score (nSPS) is 10.1. The number of pyridine rings is 1. The van der Waals surface area contributed by atoms with E-state index in [0.29, 0.717) is 5.56 Å². The molecule has 0 aliphatic rings. The molecule has 0 fully saturated rings. The SMILES string of the molecule is O=C(O)c1cnccc1C(=O)c1cccc(Br)c1. The summed E-state index contributed by atoms with van der Waals surface area (Å²) in [6, 6.07) is 8.21. The quantitative estimate of drug-likeness (QED) is 0.885. The van der Waals surface area contributed by atoms with E-state index in [1.165, 1.54) is 18.5 Å². The van der Waals surface area contributed by atoms with Crippen LogP contribution in [0.2, 0.25) is 0 Å². The van der Waals surface area contributed by atoms with E-state index in [1.807, 2.05) is 0 Å². The van der Waals surface area contributed by atoms with Crippen molar-refractivity contribution in [2.24, 2.45) is 0 Å². The molecule has 0 amide bonds. The van der Waals surface area contributed by atoms with Gasteiger partial charge in [-0.15, -0.1) is 0 Å². The largest absolute Gasteiger partial charge is 0.478 e. The van der Waals surface area contributed by atoms with E-state index in [-0.39, 0.29) is 16.9 Å². The summed E-state index contributed by atoms with van der Waals surface area (Å²) in [4.78, 5) is 27.0. The number of carbonyl (C=O) groups is 2. The Labute approximate surface area is 111 Å². The average molecular weight is 306 g/mol. The Balaban J connectivity index is 2.50. The first kappa shape index (κ1) is 12.4. The van der Waals surface area contributed by atoms with Crippen molar-refractivity contribution in [1.29, 1.82) is 0 Å². The highest BCUT2D eigenvalue weighted by Crippen LogP contribution is 2.17. The molecule has 1 aromatic carbocycles. The lowest BCUT2D eigenvalue weighted by Crippen LogP contribution is -2.10. The fourth-order valence-corrected chi connectivity index (χ4v) is 1.95. The van der Waals surface area contributed by atoms with E-state index >= 15 is 0 Å². The summed E-state index contributed by atoms with van der Waals surface area (Å²) >= 11 is 3.27. The van der Waals surface area contributed by atoms with Gasteiger partial charge in [0, 0.05) is 28.0 Å². The zero-order chi connectivity index (χ0) is 13.1. The van der Waals surface area contributed by atoms with E-state index in [9.17, 15) is 9.59 Å². The van der Waals surface area contributed by atoms with Crippen LogP contribution >= 0.6 is 15.9 Å². The molecular formula is C13H8BrNO3. The molecule has 90 valence electrons. The molecule has 18 heavy (non-hydrogen) atoms. The third-order valence-electron chi connectivity index (χ3n) is 2.38. The summed E-state index contributed by atoms with van der Waals surface area (Å²) in [6.07, 6.45) is 2.57. The van der Waals surface area contributed by atoms with Crippen molar-refractivity contribution in [3.05, 3.63) is 63.9 Å². The highest BCUT2D eigenvalue weighted by atomic mass is 79.9. The molecule has 0 saturated heterocycles. The molecule has 0 spiro atoms. The van der Waals surface area contributed by atoms with Gasteiger partial charge in [0.15, 0.2) is 5.78 Å². The maximum Gasteiger partial charge on any atom is 0.338 e. The van der Waals surface area contributed by atoms with Crippen molar-refractivity contribution < 1.29 is 14.7 Å². The first-order valence-corrected chi connectivity index (χ1v) is 5.86. The van der Waals surface area contributed by atoms with Crippen molar-refractivity contribution in [2.75, 3.05) is 0 Å². The number of carbonyl (C=O) groups excluding carboxylic acids is 1. The number of carboxylic acid groups (broad SMARTS) is 1. The maximum absolute atomic E-state index is 12.2. The van der Waals surface area contributed by atoms with Gasteiger partial charge < -0.3 is 5.11 Å². The second-order valence-corrected chi connectivity index (χ2v) is 4.48. The van der Waals surface area contributed by atoms with Crippen molar-refractivity contribution >= 4 is 27.7 Å². The van der Waals surface area contributed by atoms with Gasteiger partial charge in [0.1, 0.15) is 0 Å². The number of benzene rings is 1. The summed E-state index contributed by atoms with van der Waals surface area (Å²) in [5.41, 5.74) is 0.469. The van der Waals surface area contributed by atoms with Crippen LogP contribution in [0.25, 0.3) is 0 Å². The molecule has 0 unspecified atom stereocenters. The zero-order valence-corrected chi connectivity index (χ0v) is 10.7. The molecule has 0 bridgehead atoms. The molecule has 1 heterocycles. The first-order valence-electron chi connectivity index (χ1n) is 5.07. The molecule has 0 aliphatic heterocycles. The molecule has 0 aliphatic carbocycles. The maximum atomic E-state index is 12.2. The van der Waals surface area contributed by atoms with E-state index in [2.05, 4.69) is 20.9 Å². The van der Waals surface area contributed by atoms with Gasteiger partial charge in [0.25, 0.3) is 0 Å². The van der Waals surface area contributed by atoms with Crippen LogP contribution in [0.1, 0.15) is 26.3 Å². The number of nitrogens with zero attached hydrogens (tertiary/aromatic N) is 1. The van der Waals surface area contributed by atoms with Crippen LogP contribution in [-0.4, -0.2) is 21.8 Å². The lowest BCUT2D eigenvalue weighted by Gasteiger charge is -2.04. The summed E-state index contributed by atoms with van der Waals surface area (Å²) < 4.78 is 0.763. The lowest BCUT2D eigenvalue weighted by atomic mass is 10.0. The van der Waals surface area contributed by atoms with Crippen LogP contribution in [0, 0.1) is 0 Å². The molecule has 5 heteroatoms. The summed E-state index contributed by atoms with van der Waals surface area (Å²) in [6.45, 7) is 0. The minimum absolute atomic E-state index is 0.0949. The Bertz CT molecular complexity index is 625. The summed E-state index contributed by atoms with van der Waals surface area (Å²) in [7, 11) is 0. The Kier molecular flexibility index (Phi) is 3.53. The smallest absolute Gasteiger partial charge is 0.338 e. The molecule has 1 N–H and O–H groups in total. The molecule has 0 atom stereocenters. The van der Waals surface area contributed by atoms with Crippen LogP contribution in [0.3, 0.4) is 0 Å². The van der Waals surface area contributed by atoms with Gasteiger partial charge in [-0.1, -0.05) is 28.1 Å². The number of rotatable bonds is 3. The number of halogens is 1. The fraction of sp³-hybridized carbons (Fsp3) is 0. The minimum Gasteiger partial charge on any atom is -0.478 e. The van der Waals surface area contributed by atoms with Gasteiger partial charge in [0.05, 0.1) is 5.56 Å². The summed E-state index contributed by atoms with van der Waals surface area (Å²) in [5, 5.41) is 9.01. The zero-order valence-electron chi connectivity index (χ0n) is 9.13. The minimum atomic E-state index is -1.17. The standard InChI is InChI=1S/C13H8BrNO3/c14-9-3-1-2-8(6-9)12(16)10-4-5-15-7-11(10)13(17)18/h1-7H,(H,17,18). The number of aromatic nitrogens is 1.